The molecule has 1 fully saturated rings. The number of rotatable bonds is 5. The molecule has 2 nitrogen and oxygen atoms in total. The van der Waals surface area contributed by atoms with Crippen molar-refractivity contribution in [2.75, 3.05) is 26.2 Å². The van der Waals surface area contributed by atoms with Gasteiger partial charge in [-0.1, -0.05) is 12.1 Å². The zero-order chi connectivity index (χ0) is 14.5. The van der Waals surface area contributed by atoms with Gasteiger partial charge in [0.05, 0.1) is 0 Å². The van der Waals surface area contributed by atoms with Crippen molar-refractivity contribution < 1.29 is 13.2 Å². The highest BCUT2D eigenvalue weighted by Gasteiger charge is 2.26. The van der Waals surface area contributed by atoms with E-state index in [2.05, 4.69) is 16.8 Å². The number of allylic oxidation sites excluding steroid dienone is 1. The predicted octanol–water partition coefficient (Wildman–Crippen LogP) is 3.02. The fourth-order valence-corrected chi connectivity index (χ4v) is 2.60. The topological polar surface area (TPSA) is 15.3 Å². The number of benzene rings is 1. The second kappa shape index (κ2) is 6.90. The summed E-state index contributed by atoms with van der Waals surface area (Å²) in [6.45, 7) is 6.83. The van der Waals surface area contributed by atoms with Gasteiger partial charge in [-0.05, 0) is 18.9 Å². The minimum Gasteiger partial charge on any atom is -0.314 e. The number of nitrogens with zero attached hydrogens (tertiary/aromatic N) is 1. The molecule has 1 aromatic rings. The third-order valence-electron chi connectivity index (χ3n) is 3.66. The van der Waals surface area contributed by atoms with Gasteiger partial charge in [0.15, 0.2) is 17.5 Å². The van der Waals surface area contributed by atoms with Crippen molar-refractivity contribution >= 4 is 0 Å². The lowest BCUT2D eigenvalue weighted by molar-refractivity contribution is 0.162. The van der Waals surface area contributed by atoms with Gasteiger partial charge in [-0.15, -0.1) is 6.58 Å². The summed E-state index contributed by atoms with van der Waals surface area (Å²) in [7, 11) is 0. The van der Waals surface area contributed by atoms with Crippen LogP contribution < -0.4 is 5.32 Å². The summed E-state index contributed by atoms with van der Waals surface area (Å²) in [5, 5.41) is 3.22. The Labute approximate surface area is 117 Å². The van der Waals surface area contributed by atoms with E-state index in [9.17, 15) is 13.2 Å². The normalized spacial score (nSPS) is 17.9. The summed E-state index contributed by atoms with van der Waals surface area (Å²) in [5.41, 5.74) is 0.229. The van der Waals surface area contributed by atoms with Crippen molar-refractivity contribution in [3.63, 3.8) is 0 Å². The van der Waals surface area contributed by atoms with Crippen molar-refractivity contribution in [3.05, 3.63) is 47.8 Å². The monoisotopic (exact) mass is 284 g/mol. The van der Waals surface area contributed by atoms with Crippen molar-refractivity contribution in [1.29, 1.82) is 0 Å². The minimum absolute atomic E-state index is 0.229. The third kappa shape index (κ3) is 3.22. The van der Waals surface area contributed by atoms with Crippen molar-refractivity contribution in [1.82, 2.24) is 10.2 Å². The highest BCUT2D eigenvalue weighted by molar-refractivity contribution is 5.24. The lowest BCUT2D eigenvalue weighted by atomic mass is 9.98. The van der Waals surface area contributed by atoms with Gasteiger partial charge in [-0.3, -0.25) is 4.90 Å². The number of piperazine rings is 1. The average molecular weight is 284 g/mol. The van der Waals surface area contributed by atoms with Crippen molar-refractivity contribution in [2.24, 2.45) is 0 Å². The van der Waals surface area contributed by atoms with Crippen LogP contribution in [0.2, 0.25) is 0 Å². The SMILES string of the molecule is C=CCC[C@@H](c1ccc(F)c(F)c1F)N1CCNCC1. The molecule has 5 heteroatoms. The van der Waals surface area contributed by atoms with Crippen LogP contribution >= 0.6 is 0 Å². The first-order chi connectivity index (χ1) is 9.65. The van der Waals surface area contributed by atoms with Crippen LogP contribution in [0.5, 0.6) is 0 Å². The zero-order valence-corrected chi connectivity index (χ0v) is 11.3. The van der Waals surface area contributed by atoms with Crippen molar-refractivity contribution in [2.45, 2.75) is 18.9 Å². The largest absolute Gasteiger partial charge is 0.314 e. The van der Waals surface area contributed by atoms with Crippen LogP contribution in [0.25, 0.3) is 0 Å². The summed E-state index contributed by atoms with van der Waals surface area (Å²) >= 11 is 0. The van der Waals surface area contributed by atoms with E-state index >= 15 is 0 Å². The van der Waals surface area contributed by atoms with Crippen molar-refractivity contribution in [3.8, 4) is 0 Å². The van der Waals surface area contributed by atoms with Crippen LogP contribution in [0.4, 0.5) is 13.2 Å². The van der Waals surface area contributed by atoms with Gasteiger partial charge in [0, 0.05) is 37.8 Å². The Morgan fingerprint density at radius 3 is 2.55 bits per heavy atom. The summed E-state index contributed by atoms with van der Waals surface area (Å²) in [4.78, 5) is 2.11. The Hall–Kier alpha value is -1.33. The Bertz CT molecular complexity index is 470. The molecule has 1 aromatic carbocycles. The summed E-state index contributed by atoms with van der Waals surface area (Å²) < 4.78 is 40.5. The third-order valence-corrected chi connectivity index (χ3v) is 3.66. The van der Waals surface area contributed by atoms with Crippen LogP contribution in [0.1, 0.15) is 24.4 Å². The Kier molecular flexibility index (Phi) is 5.20. The van der Waals surface area contributed by atoms with E-state index < -0.39 is 17.5 Å². The fourth-order valence-electron chi connectivity index (χ4n) is 2.60. The van der Waals surface area contributed by atoms with Crippen LogP contribution in [-0.2, 0) is 0 Å². The van der Waals surface area contributed by atoms with Gasteiger partial charge in [-0.25, -0.2) is 13.2 Å². The van der Waals surface area contributed by atoms with Gasteiger partial charge in [-0.2, -0.15) is 0 Å². The molecule has 110 valence electrons. The maximum absolute atomic E-state index is 14.0. The first kappa shape index (κ1) is 15.1. The van der Waals surface area contributed by atoms with Gasteiger partial charge < -0.3 is 5.32 Å². The molecule has 1 heterocycles. The lowest BCUT2D eigenvalue weighted by Gasteiger charge is -2.35. The smallest absolute Gasteiger partial charge is 0.194 e. The first-order valence-electron chi connectivity index (χ1n) is 6.84. The molecular formula is C15H19F3N2. The molecule has 1 atom stereocenters. The Morgan fingerprint density at radius 1 is 1.20 bits per heavy atom. The number of halogens is 3. The quantitative estimate of drug-likeness (QED) is 0.660. The van der Waals surface area contributed by atoms with Crippen LogP contribution in [-0.4, -0.2) is 31.1 Å². The number of hydrogen-bond acceptors (Lipinski definition) is 2. The van der Waals surface area contributed by atoms with E-state index in [0.29, 0.717) is 12.8 Å². The maximum Gasteiger partial charge on any atom is 0.194 e. The second-order valence-corrected chi connectivity index (χ2v) is 4.93. The molecular weight excluding hydrogens is 265 g/mol. The molecule has 0 spiro atoms. The molecule has 1 aliphatic heterocycles. The zero-order valence-electron chi connectivity index (χ0n) is 11.3. The van der Waals surface area contributed by atoms with E-state index in [0.717, 1.165) is 32.2 Å². The van der Waals surface area contributed by atoms with Gasteiger partial charge in [0.1, 0.15) is 0 Å². The molecule has 0 unspecified atom stereocenters. The highest BCUT2D eigenvalue weighted by Crippen LogP contribution is 2.30. The summed E-state index contributed by atoms with van der Waals surface area (Å²) in [6, 6.07) is 2.10. The van der Waals surface area contributed by atoms with Gasteiger partial charge in [0.2, 0.25) is 0 Å². The summed E-state index contributed by atoms with van der Waals surface area (Å²) in [5.74, 6) is -3.60. The van der Waals surface area contributed by atoms with E-state index in [-0.39, 0.29) is 11.6 Å². The molecule has 0 aliphatic carbocycles. The molecule has 0 bridgehead atoms. The van der Waals surface area contributed by atoms with Crippen LogP contribution in [0.15, 0.2) is 24.8 Å². The van der Waals surface area contributed by atoms with Gasteiger partial charge >= 0.3 is 0 Å². The molecule has 0 amide bonds. The van der Waals surface area contributed by atoms with E-state index in [4.69, 9.17) is 0 Å². The molecule has 1 N–H and O–H groups in total. The van der Waals surface area contributed by atoms with Crippen LogP contribution in [0.3, 0.4) is 0 Å². The fraction of sp³-hybridized carbons (Fsp3) is 0.467. The molecule has 20 heavy (non-hydrogen) atoms. The first-order valence-corrected chi connectivity index (χ1v) is 6.84. The molecule has 1 aliphatic rings. The average Bonchev–Trinajstić information content (AvgIpc) is 2.48. The molecule has 2 rings (SSSR count). The predicted molar refractivity (Wildman–Crippen MR) is 72.9 cm³/mol. The second-order valence-electron chi connectivity index (χ2n) is 4.93. The Morgan fingerprint density at radius 2 is 1.90 bits per heavy atom. The maximum atomic E-state index is 14.0. The molecule has 1 saturated heterocycles. The standard InChI is InChI=1S/C15H19F3N2/c1-2-3-4-13(20-9-7-19-8-10-20)11-5-6-12(16)15(18)14(11)17/h2,5-6,13,19H,1,3-4,7-10H2/t13-/m0/s1. The minimum atomic E-state index is -1.39. The number of nitrogens with one attached hydrogen (secondary N) is 1. The molecule has 0 radical (unpaired) electrons. The van der Waals surface area contributed by atoms with E-state index in [1.807, 2.05) is 0 Å². The molecule has 0 saturated carbocycles. The number of hydrogen-bond donors (Lipinski definition) is 1. The molecule has 0 aromatic heterocycles. The van der Waals surface area contributed by atoms with Gasteiger partial charge in [0.25, 0.3) is 0 Å². The Balaban J connectivity index is 2.29. The van der Waals surface area contributed by atoms with E-state index in [1.165, 1.54) is 6.07 Å². The van der Waals surface area contributed by atoms with E-state index in [1.54, 1.807) is 6.08 Å². The lowest BCUT2D eigenvalue weighted by Crippen LogP contribution is -2.45. The summed E-state index contributed by atoms with van der Waals surface area (Å²) in [6.07, 6.45) is 3.10. The van der Waals surface area contributed by atoms with Crippen LogP contribution in [0, 0.1) is 17.5 Å². The highest BCUT2D eigenvalue weighted by atomic mass is 19.2.